The van der Waals surface area contributed by atoms with Crippen molar-refractivity contribution < 1.29 is 0 Å². The zero-order valence-corrected chi connectivity index (χ0v) is 28.7. The van der Waals surface area contributed by atoms with E-state index < -0.39 is 0 Å². The monoisotopic (exact) mass is 677 g/mol. The number of nitrogens with zero attached hydrogens (tertiary/aromatic N) is 3. The fourth-order valence-corrected chi connectivity index (χ4v) is 9.93. The van der Waals surface area contributed by atoms with E-state index in [4.69, 9.17) is 9.97 Å². The second kappa shape index (κ2) is 10.5. The maximum Gasteiger partial charge on any atom is 0.235 e. The van der Waals surface area contributed by atoms with E-state index in [2.05, 4.69) is 168 Å². The van der Waals surface area contributed by atoms with E-state index in [9.17, 15) is 0 Å². The molecule has 3 nitrogen and oxygen atoms in total. The highest BCUT2D eigenvalue weighted by Crippen LogP contribution is 2.49. The highest BCUT2D eigenvalue weighted by Gasteiger charge is 2.25. The normalized spacial score (nSPS) is 12.2. The van der Waals surface area contributed by atoms with E-state index >= 15 is 0 Å². The van der Waals surface area contributed by atoms with Gasteiger partial charge in [-0.15, -0.1) is 11.3 Å². The quantitative estimate of drug-likeness (QED) is 0.171. The summed E-state index contributed by atoms with van der Waals surface area (Å²) in [6.45, 7) is 0. The van der Waals surface area contributed by atoms with Crippen LogP contribution in [0.5, 0.6) is 0 Å². The second-order valence-corrected chi connectivity index (χ2v) is 14.8. The molecule has 240 valence electrons. The standard InChI is InChI=1S/C48H27N3S/c1-2-14-31-27-32(22-21-28(31)11-1)44-43-33-15-5-3-12-29(33)24-26-39(43)49-48(50-44)51-45-34-16-6-4-13-30(34)23-25-38(45)41-35-17-7-8-18-36(35)42-37-19-9-10-20-40(37)52-47(42)46(41)51/h1-27H. The lowest BCUT2D eigenvalue weighted by atomic mass is 9.98. The van der Waals surface area contributed by atoms with Gasteiger partial charge in [-0.1, -0.05) is 146 Å². The molecule has 9 aromatic carbocycles. The third-order valence-electron chi connectivity index (χ3n) is 10.9. The molecule has 12 rings (SSSR count). The van der Waals surface area contributed by atoms with Crippen LogP contribution in [-0.4, -0.2) is 14.5 Å². The molecule has 0 saturated heterocycles. The van der Waals surface area contributed by atoms with Crippen molar-refractivity contribution in [3.63, 3.8) is 0 Å². The fraction of sp³-hybridized carbons (Fsp3) is 0. The lowest BCUT2D eigenvalue weighted by molar-refractivity contribution is 1.02. The molecular formula is C48H27N3S. The van der Waals surface area contributed by atoms with Gasteiger partial charge in [-0.3, -0.25) is 4.57 Å². The first-order valence-corrected chi connectivity index (χ1v) is 18.5. The molecule has 3 aromatic heterocycles. The van der Waals surface area contributed by atoms with Crippen LogP contribution in [0.25, 0.3) is 113 Å². The van der Waals surface area contributed by atoms with Crippen molar-refractivity contribution in [2.24, 2.45) is 0 Å². The van der Waals surface area contributed by atoms with Crippen LogP contribution in [0.4, 0.5) is 0 Å². The van der Waals surface area contributed by atoms with Gasteiger partial charge in [0.1, 0.15) is 0 Å². The number of benzene rings is 9. The van der Waals surface area contributed by atoms with Gasteiger partial charge in [0.2, 0.25) is 5.95 Å². The average Bonchev–Trinajstić information content (AvgIpc) is 3.78. The topological polar surface area (TPSA) is 30.7 Å². The molecule has 12 aromatic rings. The Balaban J connectivity index is 1.33. The van der Waals surface area contributed by atoms with Crippen molar-refractivity contribution >= 4 is 107 Å². The Kier molecular flexibility index (Phi) is 5.65. The molecule has 0 atom stereocenters. The van der Waals surface area contributed by atoms with E-state index in [-0.39, 0.29) is 0 Å². The molecule has 0 fully saturated rings. The molecule has 0 saturated carbocycles. The van der Waals surface area contributed by atoms with E-state index in [1.807, 2.05) is 11.3 Å². The maximum atomic E-state index is 5.67. The summed E-state index contributed by atoms with van der Waals surface area (Å²) in [6.07, 6.45) is 0. The molecule has 52 heavy (non-hydrogen) atoms. The van der Waals surface area contributed by atoms with E-state index in [0.29, 0.717) is 5.95 Å². The molecule has 0 aliphatic carbocycles. The minimum atomic E-state index is 0.677. The smallest absolute Gasteiger partial charge is 0.235 e. The minimum absolute atomic E-state index is 0.677. The Hall–Kier alpha value is -6.62. The Morgan fingerprint density at radius 1 is 0.404 bits per heavy atom. The van der Waals surface area contributed by atoms with Crippen LogP contribution in [0.3, 0.4) is 0 Å². The van der Waals surface area contributed by atoms with Gasteiger partial charge >= 0.3 is 0 Å². The van der Waals surface area contributed by atoms with Crippen LogP contribution in [0, 0.1) is 0 Å². The second-order valence-electron chi connectivity index (χ2n) is 13.7. The predicted octanol–water partition coefficient (Wildman–Crippen LogP) is 13.4. The molecule has 0 radical (unpaired) electrons. The first-order chi connectivity index (χ1) is 25.8. The zero-order chi connectivity index (χ0) is 33.9. The summed E-state index contributed by atoms with van der Waals surface area (Å²) in [5, 5.41) is 15.7. The van der Waals surface area contributed by atoms with Gasteiger partial charge in [0, 0.05) is 42.6 Å². The highest BCUT2D eigenvalue weighted by atomic mass is 32.1. The SMILES string of the molecule is c1ccc2cc(-c3nc(-n4c5c6ccccc6ccc5c5c6ccccc6c6c7ccccc7sc6c54)nc4ccc5ccccc5c34)ccc2c1. The molecule has 0 aliphatic heterocycles. The molecule has 0 aliphatic rings. The molecule has 4 heteroatoms. The van der Waals surface area contributed by atoms with Crippen molar-refractivity contribution in [2.45, 2.75) is 0 Å². The molecule has 3 heterocycles. The van der Waals surface area contributed by atoms with Crippen LogP contribution < -0.4 is 0 Å². The molecule has 0 N–H and O–H groups in total. The van der Waals surface area contributed by atoms with Gasteiger partial charge in [-0.05, 0) is 55.9 Å². The molecule has 0 unspecified atom stereocenters. The summed E-state index contributed by atoms with van der Waals surface area (Å²) >= 11 is 1.87. The van der Waals surface area contributed by atoms with Crippen molar-refractivity contribution in [3.8, 4) is 17.2 Å². The molecule has 0 amide bonds. The Morgan fingerprint density at radius 2 is 1.02 bits per heavy atom. The summed E-state index contributed by atoms with van der Waals surface area (Å²) in [5.41, 5.74) is 5.23. The van der Waals surface area contributed by atoms with Gasteiger partial charge in [0.25, 0.3) is 0 Å². The summed E-state index contributed by atoms with van der Waals surface area (Å²) in [5.74, 6) is 0.677. The Labute approximate surface area is 301 Å². The Bertz CT molecular complexity index is 3480. The average molecular weight is 678 g/mol. The third kappa shape index (κ3) is 3.79. The largest absolute Gasteiger partial charge is 0.276 e. The molecule has 0 spiro atoms. The highest BCUT2D eigenvalue weighted by molar-refractivity contribution is 7.27. The van der Waals surface area contributed by atoms with E-state index in [0.717, 1.165) is 38.6 Å². The molecule has 0 bridgehead atoms. The Morgan fingerprint density at radius 3 is 1.85 bits per heavy atom. The van der Waals surface area contributed by atoms with Gasteiger partial charge in [-0.25, -0.2) is 9.97 Å². The van der Waals surface area contributed by atoms with E-state index in [1.54, 1.807) is 0 Å². The number of aromatic nitrogens is 3. The van der Waals surface area contributed by atoms with Crippen LogP contribution in [-0.2, 0) is 0 Å². The van der Waals surface area contributed by atoms with Gasteiger partial charge < -0.3 is 0 Å². The van der Waals surface area contributed by atoms with Crippen molar-refractivity contribution in [2.75, 3.05) is 0 Å². The first kappa shape index (κ1) is 28.1. The van der Waals surface area contributed by atoms with Crippen molar-refractivity contribution in [1.82, 2.24) is 14.5 Å². The molecular weight excluding hydrogens is 651 g/mol. The van der Waals surface area contributed by atoms with Crippen LogP contribution in [0.1, 0.15) is 0 Å². The lowest BCUT2D eigenvalue weighted by Crippen LogP contribution is -2.04. The third-order valence-corrected chi connectivity index (χ3v) is 12.1. The zero-order valence-electron chi connectivity index (χ0n) is 27.8. The summed E-state index contributed by atoms with van der Waals surface area (Å²) in [6, 6.07) is 59.2. The number of hydrogen-bond acceptors (Lipinski definition) is 3. The number of hydrogen-bond donors (Lipinski definition) is 0. The summed E-state index contributed by atoms with van der Waals surface area (Å²) in [4.78, 5) is 11.2. The number of fused-ring (bicyclic) bond motifs is 16. The van der Waals surface area contributed by atoms with Gasteiger partial charge in [0.15, 0.2) is 0 Å². The lowest BCUT2D eigenvalue weighted by Gasteiger charge is -2.15. The van der Waals surface area contributed by atoms with Crippen LogP contribution in [0.15, 0.2) is 164 Å². The van der Waals surface area contributed by atoms with Crippen LogP contribution in [0.2, 0.25) is 0 Å². The minimum Gasteiger partial charge on any atom is -0.276 e. The summed E-state index contributed by atoms with van der Waals surface area (Å²) < 4.78 is 4.92. The first-order valence-electron chi connectivity index (χ1n) is 17.7. The summed E-state index contributed by atoms with van der Waals surface area (Å²) in [7, 11) is 0. The maximum absolute atomic E-state index is 5.67. The number of thiophene rings is 1. The predicted molar refractivity (Wildman–Crippen MR) is 222 cm³/mol. The van der Waals surface area contributed by atoms with Gasteiger partial charge in [0.05, 0.1) is 26.9 Å². The van der Waals surface area contributed by atoms with Gasteiger partial charge in [-0.2, -0.15) is 0 Å². The van der Waals surface area contributed by atoms with Crippen LogP contribution >= 0.6 is 11.3 Å². The van der Waals surface area contributed by atoms with E-state index in [1.165, 1.54) is 68.6 Å². The van der Waals surface area contributed by atoms with Crippen molar-refractivity contribution in [1.29, 1.82) is 0 Å². The van der Waals surface area contributed by atoms with Crippen molar-refractivity contribution in [3.05, 3.63) is 164 Å². The fourth-order valence-electron chi connectivity index (χ4n) is 8.67. The number of rotatable bonds is 2.